The summed E-state index contributed by atoms with van der Waals surface area (Å²) in [5, 5.41) is 5.77. The molecule has 1 heterocycles. The number of anilines is 1. The van der Waals surface area contributed by atoms with Crippen molar-refractivity contribution in [2.45, 2.75) is 44.9 Å². The maximum absolute atomic E-state index is 12.2. The predicted molar refractivity (Wildman–Crippen MR) is 90.2 cm³/mol. The van der Waals surface area contributed by atoms with Crippen molar-refractivity contribution in [2.75, 3.05) is 5.32 Å². The summed E-state index contributed by atoms with van der Waals surface area (Å²) in [5.41, 5.74) is 5.08. The predicted octanol–water partition coefficient (Wildman–Crippen LogP) is 4.43. The van der Waals surface area contributed by atoms with Crippen LogP contribution in [0, 0.1) is 5.92 Å². The molecule has 2 aromatic rings. The summed E-state index contributed by atoms with van der Waals surface area (Å²) >= 11 is 1.52. The number of nitrogens with one attached hydrogen (secondary N) is 1. The highest BCUT2D eigenvalue weighted by molar-refractivity contribution is 7.14. The van der Waals surface area contributed by atoms with E-state index < -0.39 is 0 Å². The molecule has 22 heavy (non-hydrogen) atoms. The van der Waals surface area contributed by atoms with Gasteiger partial charge in [0.15, 0.2) is 5.13 Å². The average molecular weight is 312 g/mol. The lowest BCUT2D eigenvalue weighted by molar-refractivity contribution is -0.119. The third kappa shape index (κ3) is 2.68. The van der Waals surface area contributed by atoms with Gasteiger partial charge < -0.3 is 5.32 Å². The molecule has 0 aliphatic heterocycles. The molecule has 0 saturated heterocycles. The van der Waals surface area contributed by atoms with Gasteiger partial charge >= 0.3 is 0 Å². The van der Waals surface area contributed by atoms with Gasteiger partial charge in [0.25, 0.3) is 0 Å². The highest BCUT2D eigenvalue weighted by Crippen LogP contribution is 2.31. The third-order valence-corrected chi connectivity index (χ3v) is 5.61. The van der Waals surface area contributed by atoms with Crippen LogP contribution in [0.15, 0.2) is 23.6 Å². The van der Waals surface area contributed by atoms with Gasteiger partial charge in [0.1, 0.15) is 0 Å². The highest BCUT2D eigenvalue weighted by Gasteiger charge is 2.23. The number of thiazole rings is 1. The zero-order chi connectivity index (χ0) is 14.9. The molecule has 0 unspecified atom stereocenters. The molecular weight excluding hydrogens is 292 g/mol. The first-order valence-electron chi connectivity index (χ1n) is 8.18. The van der Waals surface area contributed by atoms with E-state index in [4.69, 9.17) is 0 Å². The zero-order valence-corrected chi connectivity index (χ0v) is 13.4. The Morgan fingerprint density at radius 2 is 1.95 bits per heavy atom. The van der Waals surface area contributed by atoms with Gasteiger partial charge in [-0.3, -0.25) is 4.79 Å². The van der Waals surface area contributed by atoms with Crippen LogP contribution >= 0.6 is 11.3 Å². The molecule has 114 valence electrons. The van der Waals surface area contributed by atoms with Gasteiger partial charge in [-0.1, -0.05) is 25.0 Å². The van der Waals surface area contributed by atoms with E-state index in [0.29, 0.717) is 0 Å². The van der Waals surface area contributed by atoms with Crippen LogP contribution in [-0.4, -0.2) is 10.9 Å². The molecule has 1 aromatic carbocycles. The van der Waals surface area contributed by atoms with E-state index in [1.165, 1.54) is 60.1 Å². The smallest absolute Gasteiger partial charge is 0.229 e. The summed E-state index contributed by atoms with van der Waals surface area (Å²) in [4.78, 5) is 16.8. The second kappa shape index (κ2) is 5.84. The maximum atomic E-state index is 12.2. The van der Waals surface area contributed by atoms with E-state index in [0.717, 1.165) is 23.7 Å². The number of carbonyl (C=O) groups is 1. The Hall–Kier alpha value is -1.68. The standard InChI is InChI=1S/C18H20N2OS/c21-17(13-4-1-2-5-13)20-18-19-16(11-22-18)15-9-8-12-6-3-7-14(12)10-15/h8-11,13H,1-7H2,(H,19,20,21). The van der Waals surface area contributed by atoms with Crippen LogP contribution in [-0.2, 0) is 17.6 Å². The quantitative estimate of drug-likeness (QED) is 0.911. The number of benzene rings is 1. The minimum absolute atomic E-state index is 0.146. The molecule has 2 aliphatic carbocycles. The first-order chi connectivity index (χ1) is 10.8. The van der Waals surface area contributed by atoms with Gasteiger partial charge in [0.2, 0.25) is 5.91 Å². The van der Waals surface area contributed by atoms with Crippen molar-refractivity contribution in [1.82, 2.24) is 4.98 Å². The Bertz CT molecular complexity index is 701. The fourth-order valence-corrected chi connectivity index (χ4v) is 4.31. The van der Waals surface area contributed by atoms with Crippen LogP contribution in [0.1, 0.15) is 43.2 Å². The number of aryl methyl sites for hydroxylation is 2. The minimum atomic E-state index is 0.146. The molecule has 1 fully saturated rings. The molecule has 4 heteroatoms. The van der Waals surface area contributed by atoms with Gasteiger partial charge in [-0.05, 0) is 49.3 Å². The average Bonchev–Trinajstić information content (AvgIpc) is 3.27. The second-order valence-electron chi connectivity index (χ2n) is 6.35. The lowest BCUT2D eigenvalue weighted by atomic mass is 10.1. The fraction of sp³-hybridized carbons (Fsp3) is 0.444. The molecule has 2 aliphatic rings. The topological polar surface area (TPSA) is 42.0 Å². The summed E-state index contributed by atoms with van der Waals surface area (Å²) in [6, 6.07) is 6.65. The molecule has 3 nitrogen and oxygen atoms in total. The van der Waals surface area contributed by atoms with E-state index in [9.17, 15) is 4.79 Å². The normalized spacial score (nSPS) is 17.6. The van der Waals surface area contributed by atoms with Crippen molar-refractivity contribution >= 4 is 22.4 Å². The Labute approximate surface area is 134 Å². The number of fused-ring (bicyclic) bond motifs is 1. The maximum Gasteiger partial charge on any atom is 0.229 e. The molecule has 1 amide bonds. The Kier molecular flexibility index (Phi) is 3.70. The van der Waals surface area contributed by atoms with Crippen molar-refractivity contribution in [3.63, 3.8) is 0 Å². The number of hydrogen-bond donors (Lipinski definition) is 1. The van der Waals surface area contributed by atoms with Gasteiger partial charge in [0, 0.05) is 16.9 Å². The summed E-state index contributed by atoms with van der Waals surface area (Å²) in [6.07, 6.45) is 8.04. The van der Waals surface area contributed by atoms with Gasteiger partial charge in [0.05, 0.1) is 5.69 Å². The summed E-state index contributed by atoms with van der Waals surface area (Å²) in [6.45, 7) is 0. The molecule has 0 spiro atoms. The van der Waals surface area contributed by atoms with Crippen molar-refractivity contribution in [3.8, 4) is 11.3 Å². The minimum Gasteiger partial charge on any atom is -0.302 e. The largest absolute Gasteiger partial charge is 0.302 e. The van der Waals surface area contributed by atoms with Crippen LogP contribution in [0.5, 0.6) is 0 Å². The number of rotatable bonds is 3. The van der Waals surface area contributed by atoms with Crippen molar-refractivity contribution in [1.29, 1.82) is 0 Å². The van der Waals surface area contributed by atoms with Gasteiger partial charge in [-0.2, -0.15) is 0 Å². The van der Waals surface area contributed by atoms with Crippen LogP contribution in [0.3, 0.4) is 0 Å². The van der Waals surface area contributed by atoms with E-state index in [2.05, 4.69) is 28.5 Å². The van der Waals surface area contributed by atoms with Crippen molar-refractivity contribution in [2.24, 2.45) is 5.92 Å². The fourth-order valence-electron chi connectivity index (χ4n) is 3.59. The lowest BCUT2D eigenvalue weighted by Gasteiger charge is -2.07. The summed E-state index contributed by atoms with van der Waals surface area (Å²) < 4.78 is 0. The second-order valence-corrected chi connectivity index (χ2v) is 7.20. The first kappa shape index (κ1) is 13.9. The van der Waals surface area contributed by atoms with Crippen LogP contribution < -0.4 is 5.32 Å². The molecular formula is C18H20N2OS. The van der Waals surface area contributed by atoms with Crippen LogP contribution in [0.4, 0.5) is 5.13 Å². The summed E-state index contributed by atoms with van der Waals surface area (Å²) in [7, 11) is 0. The number of carbonyl (C=O) groups excluding carboxylic acids is 1. The lowest BCUT2D eigenvalue weighted by Crippen LogP contribution is -2.20. The van der Waals surface area contributed by atoms with Gasteiger partial charge in [-0.15, -0.1) is 11.3 Å². The number of aromatic nitrogens is 1. The number of amides is 1. The molecule has 4 rings (SSSR count). The van der Waals surface area contributed by atoms with Crippen molar-refractivity contribution < 1.29 is 4.79 Å². The van der Waals surface area contributed by atoms with Crippen LogP contribution in [0.2, 0.25) is 0 Å². The molecule has 1 saturated carbocycles. The molecule has 1 aromatic heterocycles. The monoisotopic (exact) mass is 312 g/mol. The number of nitrogens with zero attached hydrogens (tertiary/aromatic N) is 1. The molecule has 0 radical (unpaired) electrons. The zero-order valence-electron chi connectivity index (χ0n) is 12.6. The number of hydrogen-bond acceptors (Lipinski definition) is 3. The highest BCUT2D eigenvalue weighted by atomic mass is 32.1. The van der Waals surface area contributed by atoms with Gasteiger partial charge in [-0.25, -0.2) is 4.98 Å². The Balaban J connectivity index is 1.50. The first-order valence-corrected chi connectivity index (χ1v) is 9.06. The van der Waals surface area contributed by atoms with Crippen molar-refractivity contribution in [3.05, 3.63) is 34.7 Å². The third-order valence-electron chi connectivity index (χ3n) is 4.85. The van der Waals surface area contributed by atoms with E-state index in [1.54, 1.807) is 0 Å². The van der Waals surface area contributed by atoms with Crippen LogP contribution in [0.25, 0.3) is 11.3 Å². The molecule has 0 bridgehead atoms. The Morgan fingerprint density at radius 3 is 2.82 bits per heavy atom. The summed E-state index contributed by atoms with van der Waals surface area (Å²) in [5.74, 6) is 0.333. The van der Waals surface area contributed by atoms with E-state index >= 15 is 0 Å². The molecule has 0 atom stereocenters. The Morgan fingerprint density at radius 1 is 1.14 bits per heavy atom. The van der Waals surface area contributed by atoms with E-state index in [-0.39, 0.29) is 11.8 Å². The SMILES string of the molecule is O=C(Nc1nc(-c2ccc3c(c2)CCC3)cs1)C1CCCC1. The van der Waals surface area contributed by atoms with E-state index in [1.807, 2.05) is 5.38 Å². The molecule has 1 N–H and O–H groups in total.